The molecule has 0 aliphatic carbocycles. The van der Waals surface area contributed by atoms with Crippen molar-refractivity contribution in [2.45, 2.75) is 25.3 Å². The SMILES string of the molecule is [N-]=[N+]=NC(/C=C/c1ccccc1)CCCCO. The molecule has 1 N–H and O–H groups in total. The Morgan fingerprint density at radius 2 is 2.06 bits per heavy atom. The van der Waals surface area contributed by atoms with Crippen molar-refractivity contribution < 1.29 is 5.11 Å². The van der Waals surface area contributed by atoms with Crippen molar-refractivity contribution >= 4 is 6.08 Å². The van der Waals surface area contributed by atoms with Gasteiger partial charge in [0.1, 0.15) is 0 Å². The molecule has 1 aromatic rings. The van der Waals surface area contributed by atoms with Crippen LogP contribution in [0.3, 0.4) is 0 Å². The maximum atomic E-state index is 8.70. The monoisotopic (exact) mass is 231 g/mol. The Kier molecular flexibility index (Phi) is 6.56. The first kappa shape index (κ1) is 13.3. The second-order valence-electron chi connectivity index (χ2n) is 3.76. The van der Waals surface area contributed by atoms with Crippen molar-refractivity contribution in [2.75, 3.05) is 6.61 Å². The molecule has 1 rings (SSSR count). The van der Waals surface area contributed by atoms with Crippen LogP contribution in [-0.2, 0) is 0 Å². The van der Waals surface area contributed by atoms with Crippen LogP contribution >= 0.6 is 0 Å². The van der Waals surface area contributed by atoms with Crippen LogP contribution in [0.15, 0.2) is 41.5 Å². The number of aliphatic hydroxyl groups excluding tert-OH is 1. The summed E-state index contributed by atoms with van der Waals surface area (Å²) in [6.07, 6.45) is 6.24. The normalized spacial score (nSPS) is 12.3. The van der Waals surface area contributed by atoms with Crippen LogP contribution < -0.4 is 0 Å². The van der Waals surface area contributed by atoms with Gasteiger partial charge in [-0.05, 0) is 23.9 Å². The zero-order valence-corrected chi connectivity index (χ0v) is 9.74. The van der Waals surface area contributed by atoms with E-state index in [0.717, 1.165) is 24.8 Å². The van der Waals surface area contributed by atoms with Gasteiger partial charge in [0, 0.05) is 11.5 Å². The summed E-state index contributed by atoms with van der Waals surface area (Å²) in [4.78, 5) is 2.84. The summed E-state index contributed by atoms with van der Waals surface area (Å²) in [6, 6.07) is 9.76. The van der Waals surface area contributed by atoms with Gasteiger partial charge >= 0.3 is 0 Å². The lowest BCUT2D eigenvalue weighted by Gasteiger charge is -2.04. The zero-order chi connectivity index (χ0) is 12.3. The number of nitrogens with zero attached hydrogens (tertiary/aromatic N) is 3. The van der Waals surface area contributed by atoms with Crippen molar-refractivity contribution in [3.8, 4) is 0 Å². The molecule has 0 bridgehead atoms. The van der Waals surface area contributed by atoms with E-state index in [1.807, 2.05) is 42.5 Å². The van der Waals surface area contributed by atoms with E-state index in [4.69, 9.17) is 10.6 Å². The summed E-state index contributed by atoms with van der Waals surface area (Å²) in [5.74, 6) is 0. The maximum absolute atomic E-state index is 8.70. The fourth-order valence-electron chi connectivity index (χ4n) is 1.51. The molecule has 0 fully saturated rings. The molecule has 0 heterocycles. The molecule has 1 unspecified atom stereocenters. The molecule has 4 heteroatoms. The van der Waals surface area contributed by atoms with E-state index in [1.165, 1.54) is 0 Å². The second kappa shape index (κ2) is 8.39. The molecule has 0 saturated carbocycles. The van der Waals surface area contributed by atoms with E-state index in [2.05, 4.69) is 10.0 Å². The van der Waals surface area contributed by atoms with Crippen LogP contribution in [0, 0.1) is 0 Å². The number of hydrogen-bond acceptors (Lipinski definition) is 2. The lowest BCUT2D eigenvalue weighted by molar-refractivity contribution is 0.282. The Balaban J connectivity index is 2.54. The smallest absolute Gasteiger partial charge is 0.0558 e. The van der Waals surface area contributed by atoms with Gasteiger partial charge in [0.05, 0.1) is 6.04 Å². The van der Waals surface area contributed by atoms with E-state index in [-0.39, 0.29) is 12.6 Å². The summed E-state index contributed by atoms with van der Waals surface area (Å²) in [5, 5.41) is 12.4. The number of hydrogen-bond donors (Lipinski definition) is 1. The zero-order valence-electron chi connectivity index (χ0n) is 9.74. The summed E-state index contributed by atoms with van der Waals surface area (Å²) in [5.41, 5.74) is 9.56. The van der Waals surface area contributed by atoms with Crippen LogP contribution in [0.1, 0.15) is 24.8 Å². The highest BCUT2D eigenvalue weighted by molar-refractivity contribution is 5.49. The summed E-state index contributed by atoms with van der Waals surface area (Å²) < 4.78 is 0. The molecule has 1 aromatic carbocycles. The van der Waals surface area contributed by atoms with Crippen LogP contribution in [0.5, 0.6) is 0 Å². The van der Waals surface area contributed by atoms with E-state index in [9.17, 15) is 0 Å². The first-order valence-corrected chi connectivity index (χ1v) is 5.75. The highest BCUT2D eigenvalue weighted by atomic mass is 16.2. The molecule has 0 aliphatic heterocycles. The second-order valence-corrected chi connectivity index (χ2v) is 3.76. The first-order valence-electron chi connectivity index (χ1n) is 5.75. The van der Waals surface area contributed by atoms with Gasteiger partial charge in [0.25, 0.3) is 0 Å². The van der Waals surface area contributed by atoms with E-state index in [0.29, 0.717) is 0 Å². The Bertz CT molecular complexity index is 383. The Labute approximate surface area is 101 Å². The fourth-order valence-corrected chi connectivity index (χ4v) is 1.51. The minimum absolute atomic E-state index is 0.133. The van der Waals surface area contributed by atoms with Gasteiger partial charge in [-0.15, -0.1) is 0 Å². The molecule has 0 saturated heterocycles. The van der Waals surface area contributed by atoms with Crippen molar-refractivity contribution in [3.05, 3.63) is 52.4 Å². The van der Waals surface area contributed by atoms with Gasteiger partial charge in [0.2, 0.25) is 0 Å². The molecule has 0 spiro atoms. The van der Waals surface area contributed by atoms with E-state index in [1.54, 1.807) is 0 Å². The average Bonchev–Trinajstić information content (AvgIpc) is 2.37. The van der Waals surface area contributed by atoms with Crippen molar-refractivity contribution in [1.82, 2.24) is 0 Å². The van der Waals surface area contributed by atoms with Crippen LogP contribution in [0.25, 0.3) is 16.5 Å². The van der Waals surface area contributed by atoms with Gasteiger partial charge in [0.15, 0.2) is 0 Å². The molecule has 0 amide bonds. The number of unbranched alkanes of at least 4 members (excludes halogenated alkanes) is 1. The molecular formula is C13H17N3O. The van der Waals surface area contributed by atoms with Crippen LogP contribution in [0.4, 0.5) is 0 Å². The average molecular weight is 231 g/mol. The fraction of sp³-hybridized carbons (Fsp3) is 0.385. The number of benzene rings is 1. The number of rotatable bonds is 7. The van der Waals surface area contributed by atoms with Crippen LogP contribution in [0.2, 0.25) is 0 Å². The molecular weight excluding hydrogens is 214 g/mol. The van der Waals surface area contributed by atoms with Gasteiger partial charge in [-0.1, -0.05) is 54.0 Å². The quantitative estimate of drug-likeness (QED) is 0.331. The molecule has 1 atom stereocenters. The molecule has 0 aromatic heterocycles. The summed E-state index contributed by atoms with van der Waals surface area (Å²) in [7, 11) is 0. The third-order valence-corrected chi connectivity index (χ3v) is 2.42. The third kappa shape index (κ3) is 5.76. The number of azide groups is 1. The topological polar surface area (TPSA) is 69.0 Å². The predicted octanol–water partition coefficient (Wildman–Crippen LogP) is 3.54. The molecule has 90 valence electrons. The standard InChI is InChI=1S/C13H17N3O/c14-16-15-13(8-4-5-11-17)10-9-12-6-2-1-3-7-12/h1-3,6-7,9-10,13,17H,4-5,8,11H2/b10-9+. The molecule has 0 radical (unpaired) electrons. The van der Waals surface area contributed by atoms with Gasteiger partial charge < -0.3 is 5.11 Å². The van der Waals surface area contributed by atoms with Crippen molar-refractivity contribution in [2.24, 2.45) is 5.11 Å². The Morgan fingerprint density at radius 1 is 1.29 bits per heavy atom. The van der Waals surface area contributed by atoms with E-state index < -0.39 is 0 Å². The van der Waals surface area contributed by atoms with Crippen molar-refractivity contribution in [3.63, 3.8) is 0 Å². The predicted molar refractivity (Wildman–Crippen MR) is 69.3 cm³/mol. The van der Waals surface area contributed by atoms with Gasteiger partial charge in [-0.25, -0.2) is 0 Å². The molecule has 4 nitrogen and oxygen atoms in total. The van der Waals surface area contributed by atoms with Gasteiger partial charge in [-0.2, -0.15) is 0 Å². The highest BCUT2D eigenvalue weighted by Gasteiger charge is 2.00. The molecule has 17 heavy (non-hydrogen) atoms. The lowest BCUT2D eigenvalue weighted by atomic mass is 10.1. The third-order valence-electron chi connectivity index (χ3n) is 2.42. The summed E-state index contributed by atoms with van der Waals surface area (Å²) in [6.45, 7) is 0.186. The highest BCUT2D eigenvalue weighted by Crippen LogP contribution is 2.09. The van der Waals surface area contributed by atoms with Crippen LogP contribution in [-0.4, -0.2) is 17.8 Å². The van der Waals surface area contributed by atoms with E-state index >= 15 is 0 Å². The largest absolute Gasteiger partial charge is 0.396 e. The minimum atomic E-state index is -0.133. The van der Waals surface area contributed by atoms with Gasteiger partial charge in [-0.3, -0.25) is 0 Å². The maximum Gasteiger partial charge on any atom is 0.0558 e. The lowest BCUT2D eigenvalue weighted by Crippen LogP contribution is -1.99. The number of aliphatic hydroxyl groups is 1. The molecule has 0 aliphatic rings. The first-order chi connectivity index (χ1) is 8.36. The Morgan fingerprint density at radius 3 is 2.71 bits per heavy atom. The summed E-state index contributed by atoms with van der Waals surface area (Å²) >= 11 is 0. The minimum Gasteiger partial charge on any atom is -0.396 e. The Hall–Kier alpha value is -1.77. The van der Waals surface area contributed by atoms with Crippen molar-refractivity contribution in [1.29, 1.82) is 0 Å².